The number of carbonyl (C=O) groups is 2. The second-order valence-corrected chi connectivity index (χ2v) is 4.74. The molecule has 0 aliphatic heterocycles. The number of amides is 1. The molecule has 0 aromatic heterocycles. The molecule has 5 nitrogen and oxygen atoms in total. The molecule has 0 spiro atoms. The van der Waals surface area contributed by atoms with Gasteiger partial charge in [0.25, 0.3) is 0 Å². The molecular formula is C12H21NO4. The van der Waals surface area contributed by atoms with Gasteiger partial charge in [0.1, 0.15) is 12.6 Å². The van der Waals surface area contributed by atoms with Crippen LogP contribution in [0.1, 0.15) is 39.5 Å². The molecule has 1 fully saturated rings. The zero-order chi connectivity index (χ0) is 12.8. The lowest BCUT2D eigenvalue weighted by molar-refractivity contribution is -0.142. The van der Waals surface area contributed by atoms with E-state index >= 15 is 0 Å². The smallest absolute Gasteiger partial charge is 0.325 e. The van der Waals surface area contributed by atoms with Gasteiger partial charge in [-0.1, -0.05) is 19.8 Å². The van der Waals surface area contributed by atoms with Crippen molar-refractivity contribution >= 4 is 11.9 Å². The number of carboxylic acid groups (broad SMARTS) is 1. The van der Waals surface area contributed by atoms with Crippen molar-refractivity contribution in [2.75, 3.05) is 6.61 Å². The number of hydrogen-bond donors (Lipinski definition) is 2. The summed E-state index contributed by atoms with van der Waals surface area (Å²) in [5.41, 5.74) is 0. The van der Waals surface area contributed by atoms with Crippen molar-refractivity contribution in [3.05, 3.63) is 0 Å². The Labute approximate surface area is 102 Å². The maximum Gasteiger partial charge on any atom is 0.325 e. The molecule has 98 valence electrons. The summed E-state index contributed by atoms with van der Waals surface area (Å²) in [6, 6.07) is -0.866. The molecule has 1 amide bonds. The molecule has 0 aromatic carbocycles. The Bertz CT molecular complexity index is 280. The quantitative estimate of drug-likeness (QED) is 0.760. The van der Waals surface area contributed by atoms with Crippen molar-refractivity contribution in [3.8, 4) is 0 Å². The molecule has 0 saturated heterocycles. The van der Waals surface area contributed by atoms with Crippen LogP contribution in [0.4, 0.5) is 0 Å². The van der Waals surface area contributed by atoms with E-state index in [0.29, 0.717) is 5.92 Å². The summed E-state index contributed by atoms with van der Waals surface area (Å²) < 4.78 is 5.53. The summed E-state index contributed by atoms with van der Waals surface area (Å²) in [5.74, 6) is -0.921. The Kier molecular flexibility index (Phi) is 5.41. The Morgan fingerprint density at radius 1 is 1.41 bits per heavy atom. The number of aliphatic carboxylic acids is 1. The van der Waals surface area contributed by atoms with Crippen LogP contribution in [0.15, 0.2) is 0 Å². The van der Waals surface area contributed by atoms with Crippen molar-refractivity contribution < 1.29 is 19.4 Å². The minimum atomic E-state index is -1.04. The van der Waals surface area contributed by atoms with Gasteiger partial charge in [0.15, 0.2) is 0 Å². The highest BCUT2D eigenvalue weighted by Gasteiger charge is 2.23. The summed E-state index contributed by atoms with van der Waals surface area (Å²) in [5, 5.41) is 11.0. The number of nitrogens with one attached hydrogen (secondary N) is 1. The van der Waals surface area contributed by atoms with E-state index in [0.717, 1.165) is 19.3 Å². The normalized spacial score (nSPS) is 26.2. The standard InChI is InChI=1S/C12H21NO4/c1-8-5-3-4-6-10(8)17-7-11(14)13-9(2)12(15)16/h8-10H,3-7H2,1-2H3,(H,13,14)(H,15,16)/t8-,9+,10-/m0/s1. The van der Waals surface area contributed by atoms with E-state index < -0.39 is 12.0 Å². The van der Waals surface area contributed by atoms with Crippen LogP contribution in [0, 0.1) is 5.92 Å². The molecule has 0 unspecified atom stereocenters. The highest BCUT2D eigenvalue weighted by atomic mass is 16.5. The lowest BCUT2D eigenvalue weighted by atomic mass is 9.88. The Morgan fingerprint density at radius 3 is 2.65 bits per heavy atom. The summed E-state index contributed by atoms with van der Waals surface area (Å²) in [7, 11) is 0. The van der Waals surface area contributed by atoms with E-state index in [-0.39, 0.29) is 18.6 Å². The molecule has 2 N–H and O–H groups in total. The SMILES string of the molecule is C[C@@H](NC(=O)CO[C@H]1CCCC[C@@H]1C)C(=O)O. The average Bonchev–Trinajstić information content (AvgIpc) is 2.27. The second kappa shape index (κ2) is 6.59. The van der Waals surface area contributed by atoms with Crippen LogP contribution >= 0.6 is 0 Å². The van der Waals surface area contributed by atoms with Crippen molar-refractivity contribution in [2.24, 2.45) is 5.92 Å². The van der Waals surface area contributed by atoms with Gasteiger partial charge in [0, 0.05) is 0 Å². The fourth-order valence-corrected chi connectivity index (χ4v) is 2.06. The minimum Gasteiger partial charge on any atom is -0.480 e. The van der Waals surface area contributed by atoms with Crippen molar-refractivity contribution in [2.45, 2.75) is 51.7 Å². The van der Waals surface area contributed by atoms with E-state index in [1.807, 2.05) is 0 Å². The third-order valence-corrected chi connectivity index (χ3v) is 3.21. The highest BCUT2D eigenvalue weighted by molar-refractivity contribution is 5.83. The fourth-order valence-electron chi connectivity index (χ4n) is 2.06. The van der Waals surface area contributed by atoms with Gasteiger partial charge in [-0.05, 0) is 25.7 Å². The van der Waals surface area contributed by atoms with Crippen LogP contribution in [0.5, 0.6) is 0 Å². The van der Waals surface area contributed by atoms with Crippen molar-refractivity contribution in [1.82, 2.24) is 5.32 Å². The molecule has 0 aromatic rings. The largest absolute Gasteiger partial charge is 0.480 e. The maximum atomic E-state index is 11.4. The van der Waals surface area contributed by atoms with Gasteiger partial charge in [-0.2, -0.15) is 0 Å². The number of hydrogen-bond acceptors (Lipinski definition) is 3. The molecule has 17 heavy (non-hydrogen) atoms. The third kappa shape index (κ3) is 4.73. The molecule has 1 rings (SSSR count). The fraction of sp³-hybridized carbons (Fsp3) is 0.833. The Hall–Kier alpha value is -1.10. The Balaban J connectivity index is 2.25. The zero-order valence-electron chi connectivity index (χ0n) is 10.4. The summed E-state index contributed by atoms with van der Waals surface area (Å²) in [4.78, 5) is 21.9. The third-order valence-electron chi connectivity index (χ3n) is 3.21. The topological polar surface area (TPSA) is 75.6 Å². The molecule has 1 saturated carbocycles. The highest BCUT2D eigenvalue weighted by Crippen LogP contribution is 2.25. The van der Waals surface area contributed by atoms with Crippen LogP contribution in [0.25, 0.3) is 0 Å². The molecular weight excluding hydrogens is 222 g/mol. The molecule has 0 bridgehead atoms. The molecule has 3 atom stereocenters. The van der Waals surface area contributed by atoms with Gasteiger partial charge in [0.05, 0.1) is 6.10 Å². The summed E-state index contributed by atoms with van der Waals surface area (Å²) >= 11 is 0. The first-order valence-corrected chi connectivity index (χ1v) is 6.14. The molecule has 0 radical (unpaired) electrons. The Morgan fingerprint density at radius 2 is 2.06 bits per heavy atom. The number of rotatable bonds is 5. The second-order valence-electron chi connectivity index (χ2n) is 4.74. The zero-order valence-corrected chi connectivity index (χ0v) is 10.4. The maximum absolute atomic E-state index is 11.4. The van der Waals surface area contributed by atoms with Gasteiger partial charge in [-0.25, -0.2) is 0 Å². The number of carboxylic acids is 1. The minimum absolute atomic E-state index is 0.0490. The summed E-state index contributed by atoms with van der Waals surface area (Å²) in [6.07, 6.45) is 4.63. The predicted molar refractivity (Wildman–Crippen MR) is 62.6 cm³/mol. The van der Waals surface area contributed by atoms with Crippen LogP contribution < -0.4 is 5.32 Å². The van der Waals surface area contributed by atoms with Gasteiger partial charge in [0.2, 0.25) is 5.91 Å². The van der Waals surface area contributed by atoms with Crippen LogP contribution in [-0.2, 0) is 14.3 Å². The van der Waals surface area contributed by atoms with Gasteiger partial charge >= 0.3 is 5.97 Å². The van der Waals surface area contributed by atoms with E-state index in [1.54, 1.807) is 0 Å². The van der Waals surface area contributed by atoms with Crippen LogP contribution in [0.3, 0.4) is 0 Å². The van der Waals surface area contributed by atoms with Gasteiger partial charge in [-0.15, -0.1) is 0 Å². The lowest BCUT2D eigenvalue weighted by Gasteiger charge is -2.28. The molecule has 0 heterocycles. The monoisotopic (exact) mass is 243 g/mol. The molecule has 5 heteroatoms. The lowest BCUT2D eigenvalue weighted by Crippen LogP contribution is -2.41. The van der Waals surface area contributed by atoms with Crippen molar-refractivity contribution in [3.63, 3.8) is 0 Å². The van der Waals surface area contributed by atoms with E-state index in [1.165, 1.54) is 13.3 Å². The molecule has 1 aliphatic carbocycles. The number of carbonyl (C=O) groups excluding carboxylic acids is 1. The van der Waals surface area contributed by atoms with Gasteiger partial charge in [-0.3, -0.25) is 9.59 Å². The first kappa shape index (κ1) is 14.0. The average molecular weight is 243 g/mol. The van der Waals surface area contributed by atoms with Crippen molar-refractivity contribution in [1.29, 1.82) is 0 Å². The van der Waals surface area contributed by atoms with E-state index in [4.69, 9.17) is 9.84 Å². The first-order chi connectivity index (χ1) is 8.00. The first-order valence-electron chi connectivity index (χ1n) is 6.14. The van der Waals surface area contributed by atoms with E-state index in [9.17, 15) is 9.59 Å². The van der Waals surface area contributed by atoms with Gasteiger partial charge < -0.3 is 15.2 Å². The number of ether oxygens (including phenoxy) is 1. The summed E-state index contributed by atoms with van der Waals surface area (Å²) in [6.45, 7) is 3.51. The van der Waals surface area contributed by atoms with Crippen LogP contribution in [-0.4, -0.2) is 35.7 Å². The van der Waals surface area contributed by atoms with Crippen LogP contribution in [0.2, 0.25) is 0 Å². The van der Waals surface area contributed by atoms with E-state index in [2.05, 4.69) is 12.2 Å². The molecule has 1 aliphatic rings. The predicted octanol–water partition coefficient (Wildman–Crippen LogP) is 1.17.